The van der Waals surface area contributed by atoms with Gasteiger partial charge in [0.1, 0.15) is 10.8 Å². The molecule has 0 atom stereocenters. The Labute approximate surface area is 232 Å². The molecule has 3 aromatic heterocycles. The van der Waals surface area contributed by atoms with Crippen LogP contribution in [-0.2, 0) is 12.8 Å². The molecule has 2 N–H and O–H groups in total. The first kappa shape index (κ1) is 25.1. The smallest absolute Gasteiger partial charge is 0.258 e. The molecule has 0 unspecified atom stereocenters. The molecule has 6 rings (SSSR count). The number of aromatic nitrogens is 2. The summed E-state index contributed by atoms with van der Waals surface area (Å²) in [6.45, 7) is 6.22. The number of amides is 1. The van der Waals surface area contributed by atoms with Crippen molar-refractivity contribution < 1.29 is 4.79 Å². The lowest BCUT2D eigenvalue weighted by atomic mass is 9.95. The van der Waals surface area contributed by atoms with E-state index < -0.39 is 0 Å². The Morgan fingerprint density at radius 3 is 2.64 bits per heavy atom. The van der Waals surface area contributed by atoms with Gasteiger partial charge in [-0.05, 0) is 88.4 Å². The average molecular weight is 534 g/mol. The van der Waals surface area contributed by atoms with Gasteiger partial charge in [-0.15, -0.1) is 11.3 Å². The third kappa shape index (κ3) is 4.98. The first-order chi connectivity index (χ1) is 19.0. The van der Waals surface area contributed by atoms with Crippen molar-refractivity contribution in [3.63, 3.8) is 0 Å². The van der Waals surface area contributed by atoms with E-state index in [0.717, 1.165) is 63.4 Å². The fourth-order valence-electron chi connectivity index (χ4n) is 5.30. The van der Waals surface area contributed by atoms with Crippen molar-refractivity contribution in [3.05, 3.63) is 105 Å². The van der Waals surface area contributed by atoms with Crippen molar-refractivity contribution in [2.45, 2.75) is 46.5 Å². The maximum Gasteiger partial charge on any atom is 0.258 e. The first-order valence-corrected chi connectivity index (χ1v) is 14.2. The Morgan fingerprint density at radius 1 is 1.00 bits per heavy atom. The number of para-hydroxylation sites is 1. The van der Waals surface area contributed by atoms with Crippen molar-refractivity contribution in [2.75, 3.05) is 10.7 Å². The second-order valence-electron chi connectivity index (χ2n) is 10.1. The number of hydrazone groups is 1. The number of pyridine rings is 1. The third-order valence-electron chi connectivity index (χ3n) is 7.34. The predicted octanol–water partition coefficient (Wildman–Crippen LogP) is 7.59. The van der Waals surface area contributed by atoms with Gasteiger partial charge in [0.15, 0.2) is 0 Å². The number of hydrogen-bond donors (Lipinski definition) is 2. The van der Waals surface area contributed by atoms with Crippen LogP contribution < -0.4 is 10.7 Å². The molecule has 0 aliphatic heterocycles. The average Bonchev–Trinajstić information content (AvgIpc) is 3.45. The molecule has 1 aliphatic carbocycles. The summed E-state index contributed by atoms with van der Waals surface area (Å²) in [6.07, 6.45) is 6.08. The molecule has 1 amide bonds. The number of fused-ring (bicyclic) bond motifs is 2. The van der Waals surface area contributed by atoms with Crippen molar-refractivity contribution >= 4 is 45.9 Å². The van der Waals surface area contributed by atoms with E-state index in [4.69, 9.17) is 0 Å². The fraction of sp³-hybridized carbons (Fsp3) is 0.219. The highest BCUT2D eigenvalue weighted by molar-refractivity contribution is 7.15. The summed E-state index contributed by atoms with van der Waals surface area (Å²) in [4.78, 5) is 19.7. The van der Waals surface area contributed by atoms with E-state index in [1.54, 1.807) is 11.3 Å². The highest BCUT2D eigenvalue weighted by atomic mass is 32.1. The van der Waals surface area contributed by atoms with Crippen LogP contribution in [0.25, 0.3) is 15.9 Å². The molecule has 2 aromatic carbocycles. The topological polar surface area (TPSA) is 71.3 Å². The van der Waals surface area contributed by atoms with Crippen LogP contribution in [-0.4, -0.2) is 21.7 Å². The molecule has 0 fully saturated rings. The number of aryl methyl sites for hydroxylation is 3. The number of carbonyl (C=O) groups is 1. The molecule has 0 radical (unpaired) electrons. The van der Waals surface area contributed by atoms with Gasteiger partial charge < -0.3 is 9.88 Å². The summed E-state index contributed by atoms with van der Waals surface area (Å²) in [5.41, 5.74) is 11.1. The number of anilines is 2. The van der Waals surface area contributed by atoms with Crippen LogP contribution in [0.1, 0.15) is 56.2 Å². The normalized spacial score (nSPS) is 13.1. The molecule has 6 nitrogen and oxygen atoms in total. The monoisotopic (exact) mass is 533 g/mol. The number of benzene rings is 2. The van der Waals surface area contributed by atoms with Crippen LogP contribution in [0.15, 0.2) is 71.8 Å². The molecular weight excluding hydrogens is 502 g/mol. The lowest BCUT2D eigenvalue weighted by Crippen LogP contribution is -2.17. The minimum absolute atomic E-state index is 0.0417. The lowest BCUT2D eigenvalue weighted by Gasteiger charge is -2.14. The third-order valence-corrected chi connectivity index (χ3v) is 8.62. The van der Waals surface area contributed by atoms with E-state index in [1.165, 1.54) is 22.4 Å². The van der Waals surface area contributed by atoms with Gasteiger partial charge in [0.05, 0.1) is 17.3 Å². The van der Waals surface area contributed by atoms with E-state index in [9.17, 15) is 4.79 Å². The fourth-order valence-corrected chi connectivity index (χ4v) is 6.80. The molecular formula is C32H31N5OS. The second kappa shape index (κ2) is 10.5. The van der Waals surface area contributed by atoms with Crippen LogP contribution in [0.3, 0.4) is 0 Å². The number of thiophene rings is 1. The molecule has 196 valence electrons. The molecule has 1 aliphatic rings. The second-order valence-corrected chi connectivity index (χ2v) is 11.2. The predicted molar refractivity (Wildman–Crippen MR) is 162 cm³/mol. The SMILES string of the molecule is Cc1ccc(NC(=O)c2c(-n3c(C)cc(/C=N\Nc4ccc5ccccc5n4)c3C)sc3c2CCCC3)cc1. The van der Waals surface area contributed by atoms with Gasteiger partial charge in [-0.1, -0.05) is 35.9 Å². The van der Waals surface area contributed by atoms with Crippen LogP contribution in [0.5, 0.6) is 0 Å². The Bertz CT molecular complexity index is 1710. The number of nitrogens with one attached hydrogen (secondary N) is 2. The number of hydrogen-bond acceptors (Lipinski definition) is 5. The minimum atomic E-state index is -0.0417. The molecule has 39 heavy (non-hydrogen) atoms. The Hall–Kier alpha value is -4.23. The summed E-state index contributed by atoms with van der Waals surface area (Å²) in [5, 5.41) is 9.73. The standard InChI is InChI=1S/C32H31N5OS/c1-20-12-15-25(16-13-20)34-31(38)30-26-9-5-7-11-28(26)39-32(30)37-21(2)18-24(22(37)3)19-33-36-29-17-14-23-8-4-6-10-27(23)35-29/h4,6,8,10,12-19H,5,7,9,11H2,1-3H3,(H,34,38)(H,35,36)/b33-19-. The maximum atomic E-state index is 13.7. The van der Waals surface area contributed by atoms with Crippen molar-refractivity contribution in [1.82, 2.24) is 9.55 Å². The summed E-state index contributed by atoms with van der Waals surface area (Å²) in [7, 11) is 0. The number of carbonyl (C=O) groups excluding carboxylic acids is 1. The summed E-state index contributed by atoms with van der Waals surface area (Å²) in [5.74, 6) is 0.653. The van der Waals surface area contributed by atoms with Crippen LogP contribution in [0, 0.1) is 20.8 Å². The van der Waals surface area contributed by atoms with Crippen molar-refractivity contribution in [3.8, 4) is 5.00 Å². The first-order valence-electron chi connectivity index (χ1n) is 13.3. The number of nitrogens with zero attached hydrogens (tertiary/aromatic N) is 3. The molecule has 0 spiro atoms. The lowest BCUT2D eigenvalue weighted by molar-refractivity contribution is 0.102. The van der Waals surface area contributed by atoms with Crippen molar-refractivity contribution in [1.29, 1.82) is 0 Å². The van der Waals surface area contributed by atoms with Crippen LogP contribution in [0.2, 0.25) is 0 Å². The van der Waals surface area contributed by atoms with Gasteiger partial charge in [-0.25, -0.2) is 4.98 Å². The zero-order chi connectivity index (χ0) is 26.9. The summed E-state index contributed by atoms with van der Waals surface area (Å²) < 4.78 is 2.21. The van der Waals surface area contributed by atoms with Gasteiger partial charge in [0.25, 0.3) is 5.91 Å². The number of rotatable bonds is 6. The maximum absolute atomic E-state index is 13.7. The molecule has 3 heterocycles. The Morgan fingerprint density at radius 2 is 1.79 bits per heavy atom. The zero-order valence-electron chi connectivity index (χ0n) is 22.4. The van der Waals surface area contributed by atoms with E-state index in [2.05, 4.69) is 45.3 Å². The van der Waals surface area contributed by atoms with Crippen LogP contribution >= 0.6 is 11.3 Å². The van der Waals surface area contributed by atoms with E-state index >= 15 is 0 Å². The summed E-state index contributed by atoms with van der Waals surface area (Å²) >= 11 is 1.75. The van der Waals surface area contributed by atoms with Crippen LogP contribution in [0.4, 0.5) is 11.5 Å². The highest BCUT2D eigenvalue weighted by Crippen LogP contribution is 2.39. The van der Waals surface area contributed by atoms with Gasteiger partial charge in [-0.2, -0.15) is 5.10 Å². The Balaban J connectivity index is 1.31. The van der Waals surface area contributed by atoms with Gasteiger partial charge in [0.2, 0.25) is 0 Å². The Kier molecular flexibility index (Phi) is 6.75. The van der Waals surface area contributed by atoms with E-state index in [0.29, 0.717) is 5.82 Å². The minimum Gasteiger partial charge on any atom is -0.322 e. The van der Waals surface area contributed by atoms with E-state index in [-0.39, 0.29) is 5.91 Å². The van der Waals surface area contributed by atoms with Gasteiger partial charge in [-0.3, -0.25) is 10.2 Å². The molecule has 0 bridgehead atoms. The van der Waals surface area contributed by atoms with Gasteiger partial charge in [0, 0.05) is 32.9 Å². The molecule has 0 saturated heterocycles. The summed E-state index contributed by atoms with van der Waals surface area (Å²) in [6, 6.07) is 22.1. The molecule has 7 heteroatoms. The van der Waals surface area contributed by atoms with E-state index in [1.807, 2.05) is 73.8 Å². The molecule has 0 saturated carbocycles. The quantitative estimate of drug-likeness (QED) is 0.174. The zero-order valence-corrected chi connectivity index (χ0v) is 23.2. The highest BCUT2D eigenvalue weighted by Gasteiger charge is 2.28. The molecule has 5 aromatic rings. The van der Waals surface area contributed by atoms with Gasteiger partial charge >= 0.3 is 0 Å². The van der Waals surface area contributed by atoms with Crippen molar-refractivity contribution in [2.24, 2.45) is 5.10 Å². The largest absolute Gasteiger partial charge is 0.322 e.